The molecule has 0 aliphatic carbocycles. The smallest absolute Gasteiger partial charge is 0.316 e. The molecule has 0 saturated carbocycles. The van der Waals surface area contributed by atoms with Crippen molar-refractivity contribution in [3.63, 3.8) is 0 Å². The van der Waals surface area contributed by atoms with Crippen LogP contribution in [-0.2, 0) is 5.54 Å². The number of nitrogens with zero attached hydrogens (tertiary/aromatic N) is 1. The minimum atomic E-state index is -0.509. The highest BCUT2D eigenvalue weighted by molar-refractivity contribution is 5.89. The molecule has 4 nitrogen and oxygen atoms in total. The fraction of sp³-hybridized carbons (Fsp3) is 0.500. The molecule has 0 aromatic heterocycles. The molecule has 1 heterocycles. The number of likely N-dealkylation sites (N-methyl/N-ethyl adjacent to an activating group) is 1. The highest BCUT2D eigenvalue weighted by atomic mass is 16.2. The molecular formula is C14H22N3O+. The lowest BCUT2D eigenvalue weighted by atomic mass is 9.98. The van der Waals surface area contributed by atoms with Gasteiger partial charge in [0.2, 0.25) is 0 Å². The normalized spacial score (nSPS) is 30.3. The Morgan fingerprint density at radius 3 is 2.56 bits per heavy atom. The second kappa shape index (κ2) is 3.99. The zero-order valence-electron chi connectivity index (χ0n) is 11.5. The topological polar surface area (TPSA) is 55.1 Å². The molecule has 2 atom stereocenters. The van der Waals surface area contributed by atoms with E-state index in [4.69, 9.17) is 5.73 Å². The van der Waals surface area contributed by atoms with E-state index >= 15 is 0 Å². The molecule has 1 aliphatic heterocycles. The molecule has 4 heteroatoms. The number of anilines is 1. The van der Waals surface area contributed by atoms with Crippen LogP contribution >= 0.6 is 0 Å². The summed E-state index contributed by atoms with van der Waals surface area (Å²) in [6, 6.07) is 7.96. The molecule has 3 N–H and O–H groups in total. The minimum absolute atomic E-state index is 0.0627. The predicted molar refractivity (Wildman–Crippen MR) is 73.2 cm³/mol. The third kappa shape index (κ3) is 1.77. The van der Waals surface area contributed by atoms with Crippen molar-refractivity contribution in [2.24, 2.45) is 5.73 Å². The molecule has 2 amide bonds. The van der Waals surface area contributed by atoms with Crippen molar-refractivity contribution in [3.8, 4) is 0 Å². The number of para-hydroxylation sites is 1. The second-order valence-corrected chi connectivity index (χ2v) is 5.83. The van der Waals surface area contributed by atoms with Gasteiger partial charge in [0, 0.05) is 12.5 Å². The Kier molecular flexibility index (Phi) is 2.86. The van der Waals surface area contributed by atoms with Gasteiger partial charge in [-0.2, -0.15) is 0 Å². The van der Waals surface area contributed by atoms with Crippen LogP contribution in [0.15, 0.2) is 24.3 Å². The highest BCUT2D eigenvalue weighted by Crippen LogP contribution is 2.53. The van der Waals surface area contributed by atoms with Gasteiger partial charge in [0.05, 0.1) is 18.8 Å². The number of hydrogen-bond donors (Lipinski definition) is 2. The Bertz CT molecular complexity index is 486. The lowest BCUT2D eigenvalue weighted by Gasteiger charge is -2.25. The molecule has 1 fully saturated rings. The Morgan fingerprint density at radius 2 is 2.06 bits per heavy atom. The molecule has 0 spiro atoms. The lowest BCUT2D eigenvalue weighted by Crippen LogP contribution is -2.36. The molecule has 1 aliphatic rings. The van der Waals surface area contributed by atoms with Gasteiger partial charge in [0.15, 0.2) is 5.54 Å². The Balaban J connectivity index is 2.39. The van der Waals surface area contributed by atoms with E-state index in [9.17, 15) is 4.79 Å². The Morgan fingerprint density at radius 1 is 1.44 bits per heavy atom. The average molecular weight is 248 g/mol. The first-order valence-electron chi connectivity index (χ1n) is 6.32. The fourth-order valence-electron chi connectivity index (χ4n) is 2.91. The summed E-state index contributed by atoms with van der Waals surface area (Å²) in [5, 5.41) is 2.73. The lowest BCUT2D eigenvalue weighted by molar-refractivity contribution is -0.835. The summed E-state index contributed by atoms with van der Waals surface area (Å²) in [5.74, 6) is 0. The maximum Gasteiger partial charge on any atom is 0.316 e. The van der Waals surface area contributed by atoms with Crippen molar-refractivity contribution in [1.29, 1.82) is 0 Å². The minimum Gasteiger partial charge on any atom is -0.351 e. The summed E-state index contributed by atoms with van der Waals surface area (Å²) in [7, 11) is 2.26. The zero-order valence-corrected chi connectivity index (χ0v) is 11.5. The van der Waals surface area contributed by atoms with Gasteiger partial charge in [0.1, 0.15) is 6.54 Å². The number of carbonyl (C=O) groups is 1. The van der Waals surface area contributed by atoms with Crippen molar-refractivity contribution in [3.05, 3.63) is 29.8 Å². The van der Waals surface area contributed by atoms with Crippen LogP contribution in [-0.4, -0.2) is 30.1 Å². The van der Waals surface area contributed by atoms with E-state index < -0.39 is 6.03 Å². The number of hydrogen-bond acceptors (Lipinski definition) is 1. The van der Waals surface area contributed by atoms with Gasteiger partial charge in [-0.05, 0) is 19.9 Å². The summed E-state index contributed by atoms with van der Waals surface area (Å²) in [5.41, 5.74) is 7.29. The first kappa shape index (κ1) is 12.9. The summed E-state index contributed by atoms with van der Waals surface area (Å²) in [6.07, 6.45) is 0. The zero-order chi connectivity index (χ0) is 13.6. The summed E-state index contributed by atoms with van der Waals surface area (Å²) < 4.78 is 0.991. The van der Waals surface area contributed by atoms with Crippen molar-refractivity contribution >= 4 is 11.7 Å². The largest absolute Gasteiger partial charge is 0.351 e. The first-order chi connectivity index (χ1) is 8.31. The summed E-state index contributed by atoms with van der Waals surface area (Å²) in [6.45, 7) is 7.79. The molecule has 2 unspecified atom stereocenters. The number of benzene rings is 1. The maximum absolute atomic E-state index is 11.1. The highest BCUT2D eigenvalue weighted by Gasteiger charge is 2.66. The molecular weight excluding hydrogens is 226 g/mol. The van der Waals surface area contributed by atoms with Crippen molar-refractivity contribution in [2.75, 3.05) is 18.9 Å². The van der Waals surface area contributed by atoms with Crippen LogP contribution < -0.4 is 11.1 Å². The second-order valence-electron chi connectivity index (χ2n) is 5.83. The van der Waals surface area contributed by atoms with Gasteiger partial charge in [-0.25, -0.2) is 4.79 Å². The van der Waals surface area contributed by atoms with E-state index in [0.29, 0.717) is 6.04 Å². The van der Waals surface area contributed by atoms with Crippen molar-refractivity contribution < 1.29 is 9.28 Å². The van der Waals surface area contributed by atoms with Gasteiger partial charge in [-0.1, -0.05) is 18.2 Å². The van der Waals surface area contributed by atoms with E-state index in [-0.39, 0.29) is 5.54 Å². The van der Waals surface area contributed by atoms with Crippen molar-refractivity contribution in [2.45, 2.75) is 32.4 Å². The number of rotatable bonds is 3. The number of primary amides is 1. The van der Waals surface area contributed by atoms with Crippen molar-refractivity contribution in [1.82, 2.24) is 0 Å². The Labute approximate surface area is 108 Å². The van der Waals surface area contributed by atoms with Gasteiger partial charge in [-0.15, -0.1) is 0 Å². The third-order valence-electron chi connectivity index (χ3n) is 4.57. The van der Waals surface area contributed by atoms with E-state index in [0.717, 1.165) is 16.7 Å². The van der Waals surface area contributed by atoms with E-state index in [1.165, 1.54) is 5.56 Å². The molecule has 1 aromatic carbocycles. The summed E-state index contributed by atoms with van der Waals surface area (Å²) in [4.78, 5) is 11.1. The Hall–Kier alpha value is -1.55. The molecule has 18 heavy (non-hydrogen) atoms. The number of nitrogens with one attached hydrogen (secondary N) is 1. The van der Waals surface area contributed by atoms with Gasteiger partial charge in [0.25, 0.3) is 0 Å². The molecule has 0 radical (unpaired) electrons. The van der Waals surface area contributed by atoms with Crippen LogP contribution in [0.4, 0.5) is 10.5 Å². The van der Waals surface area contributed by atoms with E-state index in [1.807, 2.05) is 18.2 Å². The van der Waals surface area contributed by atoms with Crippen LogP contribution in [0.2, 0.25) is 0 Å². The standard InChI is InChI=1S/C14H21N3O/c1-10(2)17(4)9-14(17,3)11-7-5-6-8-12(11)16-13(15)18/h5-8,10H,9H2,1-4H3,(H2-,15,16,18)/p+1. The van der Waals surface area contributed by atoms with Crippen LogP contribution in [0.1, 0.15) is 26.3 Å². The van der Waals surface area contributed by atoms with Crippen LogP contribution in [0, 0.1) is 0 Å². The third-order valence-corrected chi connectivity index (χ3v) is 4.57. The number of carbonyl (C=O) groups excluding carboxylic acids is 1. The van der Waals surface area contributed by atoms with Gasteiger partial charge >= 0.3 is 6.03 Å². The predicted octanol–water partition coefficient (Wildman–Crippen LogP) is 2.26. The average Bonchev–Trinajstić information content (AvgIpc) is 2.84. The molecule has 2 rings (SSSR count). The number of quaternary nitrogens is 1. The molecule has 1 saturated heterocycles. The van der Waals surface area contributed by atoms with Crippen LogP contribution in [0.25, 0.3) is 0 Å². The monoisotopic (exact) mass is 248 g/mol. The quantitative estimate of drug-likeness (QED) is 0.625. The van der Waals surface area contributed by atoms with Gasteiger partial charge in [-0.3, -0.25) is 0 Å². The molecule has 0 bridgehead atoms. The van der Waals surface area contributed by atoms with E-state index in [2.05, 4.69) is 39.2 Å². The van der Waals surface area contributed by atoms with Gasteiger partial charge < -0.3 is 15.5 Å². The number of amides is 2. The van der Waals surface area contributed by atoms with Crippen LogP contribution in [0.5, 0.6) is 0 Å². The SMILES string of the molecule is CC(C)[N+]1(C)CC1(C)c1ccccc1NC(N)=O. The number of urea groups is 1. The van der Waals surface area contributed by atoms with E-state index in [1.54, 1.807) is 0 Å². The first-order valence-corrected chi connectivity index (χ1v) is 6.32. The number of nitrogens with two attached hydrogens (primary N) is 1. The fourth-order valence-corrected chi connectivity index (χ4v) is 2.91. The molecule has 98 valence electrons. The molecule has 1 aromatic rings. The maximum atomic E-state index is 11.1. The summed E-state index contributed by atoms with van der Waals surface area (Å²) >= 11 is 0. The van der Waals surface area contributed by atoms with Crippen LogP contribution in [0.3, 0.4) is 0 Å².